The van der Waals surface area contributed by atoms with Gasteiger partial charge in [-0.3, -0.25) is 5.10 Å². The number of ether oxygens (including phenoxy) is 1. The van der Waals surface area contributed by atoms with Crippen LogP contribution < -0.4 is 4.74 Å². The Labute approximate surface area is 145 Å². The summed E-state index contributed by atoms with van der Waals surface area (Å²) in [7, 11) is 0. The van der Waals surface area contributed by atoms with Crippen LogP contribution in [0.5, 0.6) is 5.75 Å². The molecule has 5 nitrogen and oxygen atoms in total. The number of H-pyrrole nitrogens is 1. The second kappa shape index (κ2) is 7.70. The van der Waals surface area contributed by atoms with Gasteiger partial charge in [0.15, 0.2) is 5.82 Å². The summed E-state index contributed by atoms with van der Waals surface area (Å²) in [6, 6.07) is 17.9. The first-order valence-corrected chi connectivity index (χ1v) is 8.14. The lowest BCUT2D eigenvalue weighted by Gasteiger charge is -2.03. The van der Waals surface area contributed by atoms with Crippen LogP contribution in [-0.4, -0.2) is 27.7 Å². The van der Waals surface area contributed by atoms with Crippen molar-refractivity contribution in [3.8, 4) is 5.75 Å². The molecule has 1 heterocycles. The lowest BCUT2D eigenvalue weighted by molar-refractivity contribution is 0.340. The molecule has 0 aliphatic carbocycles. The fourth-order valence-corrected chi connectivity index (χ4v) is 2.48. The summed E-state index contributed by atoms with van der Waals surface area (Å²) in [6.45, 7) is 2.62. The second-order valence-electron chi connectivity index (χ2n) is 5.17. The van der Waals surface area contributed by atoms with Gasteiger partial charge in [-0.25, -0.2) is 0 Å². The van der Waals surface area contributed by atoms with E-state index in [1.807, 2.05) is 49.4 Å². The number of benzene rings is 2. The fraction of sp³-hybridized carbons (Fsp3) is 0.167. The van der Waals surface area contributed by atoms with Crippen molar-refractivity contribution in [3.05, 3.63) is 76.3 Å². The third-order valence-corrected chi connectivity index (χ3v) is 3.70. The predicted molar refractivity (Wildman–Crippen MR) is 97.3 cm³/mol. The molecule has 0 atom stereocenters. The van der Waals surface area contributed by atoms with Gasteiger partial charge in [0.05, 0.1) is 12.8 Å². The summed E-state index contributed by atoms with van der Waals surface area (Å²) < 4.78 is 7.56. The zero-order chi connectivity index (χ0) is 16.8. The second-order valence-corrected chi connectivity index (χ2v) is 5.55. The molecule has 0 aliphatic heterocycles. The molecule has 0 amide bonds. The standard InChI is InChI=1S/C18H18N4OS/c1-2-23-16-10-8-15(9-11-16)13-19-22-17(20-21-18(22)24)12-14-6-4-3-5-7-14/h3-11,13H,2,12H2,1H3,(H,21,24)/b19-13-. The van der Waals surface area contributed by atoms with Gasteiger partial charge in [-0.15, -0.1) is 0 Å². The van der Waals surface area contributed by atoms with Crippen molar-refractivity contribution in [2.75, 3.05) is 6.61 Å². The summed E-state index contributed by atoms with van der Waals surface area (Å²) in [5.74, 6) is 1.62. The van der Waals surface area contributed by atoms with Crippen molar-refractivity contribution >= 4 is 18.4 Å². The maximum atomic E-state index is 5.43. The molecule has 6 heteroatoms. The summed E-state index contributed by atoms with van der Waals surface area (Å²) in [6.07, 6.45) is 2.42. The molecule has 1 aromatic heterocycles. The lowest BCUT2D eigenvalue weighted by atomic mass is 10.1. The van der Waals surface area contributed by atoms with Crippen LogP contribution in [0.4, 0.5) is 0 Å². The van der Waals surface area contributed by atoms with Crippen molar-refractivity contribution in [1.29, 1.82) is 0 Å². The Morgan fingerprint density at radius 2 is 1.92 bits per heavy atom. The van der Waals surface area contributed by atoms with Gasteiger partial charge in [0, 0.05) is 6.42 Å². The van der Waals surface area contributed by atoms with Crippen molar-refractivity contribution < 1.29 is 4.74 Å². The van der Waals surface area contributed by atoms with Gasteiger partial charge in [-0.05, 0) is 54.5 Å². The molecule has 2 aromatic carbocycles. The number of rotatable bonds is 6. The average molecular weight is 338 g/mol. The molecule has 0 spiro atoms. The Hall–Kier alpha value is -2.73. The normalized spacial score (nSPS) is 11.0. The molecule has 3 rings (SSSR count). The number of aromatic amines is 1. The maximum absolute atomic E-state index is 5.43. The molecule has 3 aromatic rings. The Kier molecular flexibility index (Phi) is 5.18. The molecule has 0 fully saturated rings. The van der Waals surface area contributed by atoms with E-state index >= 15 is 0 Å². The Morgan fingerprint density at radius 3 is 2.62 bits per heavy atom. The monoisotopic (exact) mass is 338 g/mol. The number of aromatic nitrogens is 3. The van der Waals surface area contributed by atoms with Crippen molar-refractivity contribution in [2.45, 2.75) is 13.3 Å². The molecule has 0 saturated heterocycles. The Morgan fingerprint density at radius 1 is 1.17 bits per heavy atom. The summed E-state index contributed by atoms with van der Waals surface area (Å²) in [5, 5.41) is 11.5. The number of nitrogens with one attached hydrogen (secondary N) is 1. The first kappa shape index (κ1) is 16.1. The maximum Gasteiger partial charge on any atom is 0.216 e. The highest BCUT2D eigenvalue weighted by atomic mass is 32.1. The SMILES string of the molecule is CCOc1ccc(/C=N\n2c(Cc3ccccc3)n[nH]c2=S)cc1. The van der Waals surface area contributed by atoms with E-state index in [1.165, 1.54) is 0 Å². The van der Waals surface area contributed by atoms with Crippen molar-refractivity contribution in [1.82, 2.24) is 14.9 Å². The first-order valence-electron chi connectivity index (χ1n) is 7.73. The van der Waals surface area contributed by atoms with Crippen LogP contribution in [0.1, 0.15) is 23.9 Å². The third kappa shape index (κ3) is 3.97. The zero-order valence-electron chi connectivity index (χ0n) is 13.3. The van der Waals surface area contributed by atoms with Crippen LogP contribution in [0.25, 0.3) is 0 Å². The highest BCUT2D eigenvalue weighted by molar-refractivity contribution is 7.71. The van der Waals surface area contributed by atoms with Gasteiger partial charge in [-0.1, -0.05) is 30.3 Å². The molecule has 0 radical (unpaired) electrons. The number of hydrogen-bond donors (Lipinski definition) is 1. The Balaban J connectivity index is 1.79. The summed E-state index contributed by atoms with van der Waals surface area (Å²) in [4.78, 5) is 0. The highest BCUT2D eigenvalue weighted by Crippen LogP contribution is 2.11. The van der Waals surface area contributed by atoms with Gasteiger partial charge >= 0.3 is 0 Å². The first-order chi connectivity index (χ1) is 11.8. The van der Waals surface area contributed by atoms with Gasteiger partial charge in [-0.2, -0.15) is 14.9 Å². The van der Waals surface area contributed by atoms with Gasteiger partial charge in [0.2, 0.25) is 4.77 Å². The van der Waals surface area contributed by atoms with Crippen LogP contribution in [0.3, 0.4) is 0 Å². The van der Waals surface area contributed by atoms with Crippen LogP contribution in [0, 0.1) is 4.77 Å². The Bertz CT molecular complexity index is 866. The smallest absolute Gasteiger partial charge is 0.216 e. The minimum Gasteiger partial charge on any atom is -0.494 e. The van der Waals surface area contributed by atoms with Crippen molar-refractivity contribution in [3.63, 3.8) is 0 Å². The fourth-order valence-electron chi connectivity index (χ4n) is 2.28. The summed E-state index contributed by atoms with van der Waals surface area (Å²) in [5.41, 5.74) is 2.12. The molecule has 1 N–H and O–H groups in total. The van der Waals surface area contributed by atoms with E-state index < -0.39 is 0 Å². The minimum atomic E-state index is 0.475. The van der Waals surface area contributed by atoms with Crippen LogP contribution in [-0.2, 0) is 6.42 Å². The van der Waals surface area contributed by atoms with Crippen LogP contribution in [0.2, 0.25) is 0 Å². The largest absolute Gasteiger partial charge is 0.494 e. The molecule has 0 bridgehead atoms. The van der Waals surface area contributed by atoms with Crippen molar-refractivity contribution in [2.24, 2.45) is 5.10 Å². The quantitative estimate of drug-likeness (QED) is 0.549. The molecular formula is C18H18N4OS. The topological polar surface area (TPSA) is 55.2 Å². The predicted octanol–water partition coefficient (Wildman–Crippen LogP) is 3.81. The third-order valence-electron chi connectivity index (χ3n) is 3.44. The van der Waals surface area contributed by atoms with E-state index in [-0.39, 0.29) is 0 Å². The van der Waals surface area contributed by atoms with E-state index in [2.05, 4.69) is 27.4 Å². The van der Waals surface area contributed by atoms with Crippen LogP contribution >= 0.6 is 12.2 Å². The van der Waals surface area contributed by atoms with Gasteiger partial charge in [0.25, 0.3) is 0 Å². The van der Waals surface area contributed by atoms with E-state index in [0.29, 0.717) is 17.8 Å². The lowest BCUT2D eigenvalue weighted by Crippen LogP contribution is -2.00. The minimum absolute atomic E-state index is 0.475. The zero-order valence-corrected chi connectivity index (χ0v) is 14.2. The molecule has 24 heavy (non-hydrogen) atoms. The van der Waals surface area contributed by atoms with Gasteiger partial charge in [0.1, 0.15) is 5.75 Å². The average Bonchev–Trinajstić information content (AvgIpc) is 2.95. The van der Waals surface area contributed by atoms with E-state index in [0.717, 1.165) is 22.7 Å². The molecule has 0 unspecified atom stereocenters. The van der Waals surface area contributed by atoms with E-state index in [9.17, 15) is 0 Å². The molecule has 122 valence electrons. The number of nitrogens with zero attached hydrogens (tertiary/aromatic N) is 3. The van der Waals surface area contributed by atoms with E-state index in [4.69, 9.17) is 17.0 Å². The van der Waals surface area contributed by atoms with Crippen LogP contribution in [0.15, 0.2) is 59.7 Å². The highest BCUT2D eigenvalue weighted by Gasteiger charge is 2.06. The number of hydrogen-bond acceptors (Lipinski definition) is 4. The molecular weight excluding hydrogens is 320 g/mol. The molecule has 0 aliphatic rings. The van der Waals surface area contributed by atoms with Gasteiger partial charge < -0.3 is 4.74 Å². The summed E-state index contributed by atoms with van der Waals surface area (Å²) >= 11 is 5.27. The van der Waals surface area contributed by atoms with E-state index in [1.54, 1.807) is 10.9 Å². The molecule has 0 saturated carbocycles.